The lowest BCUT2D eigenvalue weighted by molar-refractivity contribution is -0.125. The van der Waals surface area contributed by atoms with Gasteiger partial charge in [0, 0.05) is 22.4 Å². The second-order valence-electron chi connectivity index (χ2n) is 8.90. The van der Waals surface area contributed by atoms with Crippen molar-refractivity contribution in [1.82, 2.24) is 10.3 Å². The third-order valence-electron chi connectivity index (χ3n) is 7.04. The molecule has 4 aliphatic carbocycles. The van der Waals surface area contributed by atoms with E-state index in [0.29, 0.717) is 17.9 Å². The summed E-state index contributed by atoms with van der Waals surface area (Å²) >= 11 is 3.31. The maximum atomic E-state index is 12.7. The number of nitrogens with zero attached hydrogens (tertiary/aromatic N) is 1. The fourth-order valence-electron chi connectivity index (χ4n) is 6.22. The van der Waals surface area contributed by atoms with Crippen LogP contribution in [0.15, 0.2) is 22.2 Å². The highest BCUT2D eigenvalue weighted by atomic mass is 32.1. The van der Waals surface area contributed by atoms with E-state index >= 15 is 0 Å². The summed E-state index contributed by atoms with van der Waals surface area (Å²) in [6.07, 6.45) is 8.74. The molecule has 0 radical (unpaired) electrons. The fourth-order valence-corrected chi connectivity index (χ4v) is 7.76. The molecule has 1 N–H and O–H groups in total. The second kappa shape index (κ2) is 6.45. The summed E-state index contributed by atoms with van der Waals surface area (Å²) in [6.45, 7) is 2.25. The van der Waals surface area contributed by atoms with Crippen LogP contribution >= 0.6 is 22.7 Å². The van der Waals surface area contributed by atoms with E-state index in [0.717, 1.165) is 34.0 Å². The van der Waals surface area contributed by atoms with E-state index in [1.165, 1.54) is 38.5 Å². The molecule has 2 heterocycles. The van der Waals surface area contributed by atoms with Crippen LogP contribution < -0.4 is 5.32 Å². The van der Waals surface area contributed by atoms with Crippen LogP contribution in [0.1, 0.15) is 51.1 Å². The average molecular weight is 387 g/mol. The molecular formula is C21H26N2OS2. The van der Waals surface area contributed by atoms with Crippen molar-refractivity contribution in [3.8, 4) is 10.6 Å². The molecule has 3 nitrogen and oxygen atoms in total. The number of carbonyl (C=O) groups excluding carboxylic acids is 1. The number of thiophene rings is 1. The van der Waals surface area contributed by atoms with Gasteiger partial charge in [-0.15, -0.1) is 11.3 Å². The molecule has 26 heavy (non-hydrogen) atoms. The standard InChI is InChI=1S/C21H26N2OS2/c1-13(21-8-14-4-15(9-21)6-16(5-14)10-21)22-19(24)7-18-12-26-20(23-18)17-2-3-25-11-17/h2-3,11-16H,4-10H2,1H3,(H,22,24)/t13-,14?,15?,16?,21?/m0/s1. The zero-order valence-corrected chi connectivity index (χ0v) is 16.9. The Kier molecular flexibility index (Phi) is 4.20. The predicted octanol–water partition coefficient (Wildman–Crippen LogP) is 5.14. The maximum absolute atomic E-state index is 12.7. The van der Waals surface area contributed by atoms with Gasteiger partial charge in [0.2, 0.25) is 5.91 Å². The Morgan fingerprint density at radius 1 is 1.23 bits per heavy atom. The molecule has 0 saturated heterocycles. The fraction of sp³-hybridized carbons (Fsp3) is 0.619. The first-order valence-electron chi connectivity index (χ1n) is 9.86. The van der Waals surface area contributed by atoms with Crippen LogP contribution in [0.25, 0.3) is 10.6 Å². The van der Waals surface area contributed by atoms with Crippen molar-refractivity contribution in [2.45, 2.75) is 57.9 Å². The lowest BCUT2D eigenvalue weighted by atomic mass is 9.48. The number of aromatic nitrogens is 1. The number of hydrogen-bond donors (Lipinski definition) is 1. The molecule has 4 bridgehead atoms. The molecule has 6 rings (SSSR count). The molecule has 138 valence electrons. The molecule has 0 aliphatic heterocycles. The molecule has 4 saturated carbocycles. The van der Waals surface area contributed by atoms with Crippen molar-refractivity contribution in [3.05, 3.63) is 27.9 Å². The van der Waals surface area contributed by atoms with Crippen LogP contribution in [0.4, 0.5) is 0 Å². The summed E-state index contributed by atoms with van der Waals surface area (Å²) in [4.78, 5) is 17.3. The summed E-state index contributed by atoms with van der Waals surface area (Å²) in [5.74, 6) is 2.90. The van der Waals surface area contributed by atoms with E-state index < -0.39 is 0 Å². The first-order valence-corrected chi connectivity index (χ1v) is 11.7. The predicted molar refractivity (Wildman–Crippen MR) is 107 cm³/mol. The maximum Gasteiger partial charge on any atom is 0.226 e. The molecule has 1 atom stereocenters. The summed E-state index contributed by atoms with van der Waals surface area (Å²) in [5.41, 5.74) is 2.42. The Bertz CT molecular complexity index is 760. The van der Waals surface area contributed by atoms with E-state index in [4.69, 9.17) is 0 Å². The molecule has 0 unspecified atom stereocenters. The quantitative estimate of drug-likeness (QED) is 0.773. The molecule has 4 fully saturated rings. The largest absolute Gasteiger partial charge is 0.353 e. The van der Waals surface area contributed by atoms with Crippen LogP contribution in [0.2, 0.25) is 0 Å². The average Bonchev–Trinajstić information content (AvgIpc) is 3.24. The Labute approximate surface area is 163 Å². The van der Waals surface area contributed by atoms with Gasteiger partial charge < -0.3 is 5.32 Å². The van der Waals surface area contributed by atoms with Crippen molar-refractivity contribution >= 4 is 28.6 Å². The molecule has 0 aromatic carbocycles. The number of hydrogen-bond acceptors (Lipinski definition) is 4. The van der Waals surface area contributed by atoms with Crippen molar-refractivity contribution < 1.29 is 4.79 Å². The molecule has 1 amide bonds. The van der Waals surface area contributed by atoms with Crippen LogP contribution in [0, 0.1) is 23.2 Å². The first kappa shape index (κ1) is 16.9. The smallest absolute Gasteiger partial charge is 0.226 e. The Morgan fingerprint density at radius 2 is 1.92 bits per heavy atom. The van der Waals surface area contributed by atoms with Crippen molar-refractivity contribution in [2.75, 3.05) is 0 Å². The molecule has 5 heteroatoms. The Balaban J connectivity index is 1.23. The third kappa shape index (κ3) is 3.03. The molecule has 2 aromatic heterocycles. The van der Waals surface area contributed by atoms with Crippen LogP contribution in [0.5, 0.6) is 0 Å². The van der Waals surface area contributed by atoms with Gasteiger partial charge in [0.1, 0.15) is 5.01 Å². The zero-order chi connectivity index (χ0) is 17.7. The zero-order valence-electron chi connectivity index (χ0n) is 15.2. The minimum atomic E-state index is 0.135. The highest BCUT2D eigenvalue weighted by Crippen LogP contribution is 2.61. The summed E-state index contributed by atoms with van der Waals surface area (Å²) in [7, 11) is 0. The lowest BCUT2D eigenvalue weighted by Gasteiger charge is -2.59. The third-order valence-corrected chi connectivity index (χ3v) is 8.67. The van der Waals surface area contributed by atoms with Gasteiger partial charge in [-0.2, -0.15) is 11.3 Å². The summed E-state index contributed by atoms with van der Waals surface area (Å²) < 4.78 is 0. The molecule has 2 aromatic rings. The molecular weight excluding hydrogens is 360 g/mol. The van der Waals surface area contributed by atoms with E-state index in [1.54, 1.807) is 22.7 Å². The topological polar surface area (TPSA) is 42.0 Å². The van der Waals surface area contributed by atoms with Gasteiger partial charge in [-0.25, -0.2) is 4.98 Å². The summed E-state index contributed by atoms with van der Waals surface area (Å²) in [5, 5.41) is 10.6. The monoisotopic (exact) mass is 386 g/mol. The number of amides is 1. The van der Waals surface area contributed by atoms with Gasteiger partial charge in [-0.3, -0.25) is 4.79 Å². The second-order valence-corrected chi connectivity index (χ2v) is 10.5. The van der Waals surface area contributed by atoms with Crippen LogP contribution in [0.3, 0.4) is 0 Å². The van der Waals surface area contributed by atoms with Gasteiger partial charge in [-0.05, 0) is 80.1 Å². The number of carbonyl (C=O) groups is 1. The number of thiazole rings is 1. The number of rotatable bonds is 5. The van der Waals surface area contributed by atoms with Crippen LogP contribution in [-0.4, -0.2) is 16.9 Å². The van der Waals surface area contributed by atoms with Gasteiger partial charge in [0.25, 0.3) is 0 Å². The SMILES string of the molecule is C[C@H](NC(=O)Cc1csc(-c2ccsc2)n1)C12CC3CC(CC(C3)C1)C2. The van der Waals surface area contributed by atoms with Gasteiger partial charge in [0.05, 0.1) is 12.1 Å². The highest BCUT2D eigenvalue weighted by Gasteiger charge is 2.53. The Hall–Kier alpha value is -1.20. The van der Waals surface area contributed by atoms with Crippen molar-refractivity contribution in [2.24, 2.45) is 23.2 Å². The van der Waals surface area contributed by atoms with Gasteiger partial charge in [0.15, 0.2) is 0 Å². The minimum absolute atomic E-state index is 0.135. The van der Waals surface area contributed by atoms with E-state index in [1.807, 2.05) is 5.38 Å². The van der Waals surface area contributed by atoms with Gasteiger partial charge >= 0.3 is 0 Å². The van der Waals surface area contributed by atoms with E-state index in [2.05, 4.69) is 34.1 Å². The normalized spacial score (nSPS) is 33.3. The minimum Gasteiger partial charge on any atom is -0.353 e. The molecule has 0 spiro atoms. The molecule has 4 aliphatic rings. The van der Waals surface area contributed by atoms with Crippen LogP contribution in [-0.2, 0) is 11.2 Å². The first-order chi connectivity index (χ1) is 12.6. The highest BCUT2D eigenvalue weighted by molar-refractivity contribution is 7.14. The van der Waals surface area contributed by atoms with Gasteiger partial charge in [-0.1, -0.05) is 0 Å². The van der Waals surface area contributed by atoms with E-state index in [-0.39, 0.29) is 5.91 Å². The summed E-state index contributed by atoms with van der Waals surface area (Å²) in [6, 6.07) is 2.38. The van der Waals surface area contributed by atoms with E-state index in [9.17, 15) is 4.79 Å². The van der Waals surface area contributed by atoms with Crippen molar-refractivity contribution in [1.29, 1.82) is 0 Å². The lowest BCUT2D eigenvalue weighted by Crippen LogP contribution is -2.56. The Morgan fingerprint density at radius 3 is 2.54 bits per heavy atom. The van der Waals surface area contributed by atoms with Crippen molar-refractivity contribution in [3.63, 3.8) is 0 Å². The number of nitrogens with one attached hydrogen (secondary N) is 1.